The second-order valence-electron chi connectivity index (χ2n) is 2.77. The largest absolute Gasteiger partial charge is 0.349 e. The first-order valence-corrected chi connectivity index (χ1v) is 3.65. The lowest BCUT2D eigenvalue weighted by Gasteiger charge is -2.22. The number of hydrogen-bond acceptors (Lipinski definition) is 4. The molecule has 0 saturated carbocycles. The summed E-state index contributed by atoms with van der Waals surface area (Å²) in [5.41, 5.74) is 8.17. The molecule has 0 aromatic rings. The van der Waals surface area contributed by atoms with Crippen LogP contribution in [0, 0.1) is 0 Å². The van der Waals surface area contributed by atoms with Crippen molar-refractivity contribution in [1.82, 2.24) is 0 Å². The van der Waals surface area contributed by atoms with Gasteiger partial charge >= 0.3 is 0 Å². The van der Waals surface area contributed by atoms with Crippen molar-refractivity contribution in [3.05, 3.63) is 10.4 Å². The molecule has 2 bridgehead atoms. The minimum absolute atomic E-state index is 0.0406. The van der Waals surface area contributed by atoms with Crippen LogP contribution in [0.5, 0.6) is 0 Å². The number of fused-ring (bicyclic) bond motifs is 2. The van der Waals surface area contributed by atoms with Gasteiger partial charge in [-0.05, 0) is 5.53 Å². The summed E-state index contributed by atoms with van der Waals surface area (Å²) in [6, 6.07) is -0.485. The Bertz CT molecular complexity index is 261. The molecule has 0 radical (unpaired) electrons. The van der Waals surface area contributed by atoms with Gasteiger partial charge in [0.1, 0.15) is 6.10 Å². The van der Waals surface area contributed by atoms with Crippen LogP contribution in [0.1, 0.15) is 6.42 Å². The van der Waals surface area contributed by atoms with Gasteiger partial charge in [-0.3, -0.25) is 4.79 Å². The van der Waals surface area contributed by atoms with Crippen molar-refractivity contribution in [2.24, 2.45) is 5.11 Å². The fourth-order valence-corrected chi connectivity index (χ4v) is 1.39. The normalized spacial score (nSPS) is 39.3. The van der Waals surface area contributed by atoms with Gasteiger partial charge in [0, 0.05) is 11.3 Å². The molecular weight excluding hydrogens is 162 g/mol. The predicted molar refractivity (Wildman–Crippen MR) is 37.2 cm³/mol. The zero-order chi connectivity index (χ0) is 8.55. The molecule has 12 heavy (non-hydrogen) atoms. The van der Waals surface area contributed by atoms with Gasteiger partial charge < -0.3 is 9.47 Å². The van der Waals surface area contributed by atoms with Gasteiger partial charge in [0.2, 0.25) is 0 Å². The maximum Gasteiger partial charge on any atom is 0.167 e. The van der Waals surface area contributed by atoms with E-state index >= 15 is 0 Å². The zero-order valence-corrected chi connectivity index (χ0v) is 6.21. The van der Waals surface area contributed by atoms with Crippen LogP contribution < -0.4 is 0 Å². The van der Waals surface area contributed by atoms with Crippen LogP contribution in [0.2, 0.25) is 0 Å². The van der Waals surface area contributed by atoms with Crippen molar-refractivity contribution in [2.75, 3.05) is 6.61 Å². The summed E-state index contributed by atoms with van der Waals surface area (Å²) in [6.45, 7) is 0.293. The quantitative estimate of drug-likeness (QED) is 0.323. The monoisotopic (exact) mass is 169 g/mol. The molecular formula is C6H7N3O3. The topological polar surface area (TPSA) is 84.3 Å². The molecule has 0 aliphatic carbocycles. The Hall–Kier alpha value is -1.10. The van der Waals surface area contributed by atoms with E-state index in [-0.39, 0.29) is 12.2 Å². The molecule has 0 aromatic heterocycles. The van der Waals surface area contributed by atoms with Gasteiger partial charge in [-0.15, -0.1) is 0 Å². The molecule has 6 nitrogen and oxygen atoms in total. The highest BCUT2D eigenvalue weighted by atomic mass is 16.7. The Balaban J connectivity index is 2.17. The first-order chi connectivity index (χ1) is 5.81. The lowest BCUT2D eigenvalue weighted by Crippen LogP contribution is -2.37. The van der Waals surface area contributed by atoms with Gasteiger partial charge in [-0.1, -0.05) is 5.11 Å². The summed E-state index contributed by atoms with van der Waals surface area (Å²) in [5.74, 6) is -0.0406. The summed E-state index contributed by atoms with van der Waals surface area (Å²) in [4.78, 5) is 13.8. The molecule has 0 unspecified atom stereocenters. The van der Waals surface area contributed by atoms with Gasteiger partial charge in [0.15, 0.2) is 12.1 Å². The second-order valence-corrected chi connectivity index (χ2v) is 2.77. The average Bonchev–Trinajstić information content (AvgIpc) is 2.46. The molecule has 6 heteroatoms. The summed E-state index contributed by atoms with van der Waals surface area (Å²) in [7, 11) is 0. The third kappa shape index (κ3) is 1.06. The average molecular weight is 169 g/mol. The van der Waals surface area contributed by atoms with Gasteiger partial charge in [0.25, 0.3) is 0 Å². The Kier molecular flexibility index (Phi) is 1.73. The third-order valence-electron chi connectivity index (χ3n) is 1.99. The molecule has 0 N–H and O–H groups in total. The smallest absolute Gasteiger partial charge is 0.167 e. The molecule has 64 valence electrons. The maximum atomic E-state index is 11.1. The number of hydrogen-bond donors (Lipinski definition) is 0. The van der Waals surface area contributed by atoms with Crippen LogP contribution in [0.15, 0.2) is 5.11 Å². The van der Waals surface area contributed by atoms with E-state index in [0.29, 0.717) is 6.61 Å². The first kappa shape index (κ1) is 7.54. The Morgan fingerprint density at radius 3 is 3.25 bits per heavy atom. The van der Waals surface area contributed by atoms with Gasteiger partial charge in [-0.2, -0.15) is 0 Å². The van der Waals surface area contributed by atoms with Crippen molar-refractivity contribution in [3.8, 4) is 0 Å². The summed E-state index contributed by atoms with van der Waals surface area (Å²) in [6.07, 6.45) is -0.705. The summed E-state index contributed by atoms with van der Waals surface area (Å²) < 4.78 is 10.2. The van der Waals surface area contributed by atoms with Crippen LogP contribution in [0.3, 0.4) is 0 Å². The molecule has 2 saturated heterocycles. The Labute approximate surface area is 68.1 Å². The van der Waals surface area contributed by atoms with E-state index in [1.54, 1.807) is 0 Å². The fraction of sp³-hybridized carbons (Fsp3) is 0.833. The van der Waals surface area contributed by atoms with Crippen LogP contribution in [0.25, 0.3) is 10.4 Å². The molecule has 2 rings (SSSR count). The van der Waals surface area contributed by atoms with E-state index < -0.39 is 18.4 Å². The standard InChI is InChI=1S/C6H7N3O3/c7-9-8-3-1-4(10)5-2-11-6(3)12-5/h3,5-6H,1-2H2/t3-,5-,6-/m1/s1. The molecule has 3 atom stereocenters. The molecule has 2 fully saturated rings. The van der Waals surface area contributed by atoms with Crippen molar-refractivity contribution in [3.63, 3.8) is 0 Å². The van der Waals surface area contributed by atoms with E-state index in [1.165, 1.54) is 0 Å². The number of azide groups is 1. The number of carbonyl (C=O) groups excluding carboxylic acids is 1. The third-order valence-corrected chi connectivity index (χ3v) is 1.99. The number of ether oxygens (including phenoxy) is 2. The Morgan fingerprint density at radius 1 is 1.67 bits per heavy atom. The lowest BCUT2D eigenvalue weighted by molar-refractivity contribution is -0.144. The fourth-order valence-electron chi connectivity index (χ4n) is 1.39. The van der Waals surface area contributed by atoms with E-state index in [2.05, 4.69) is 10.0 Å². The lowest BCUT2D eigenvalue weighted by atomic mass is 10.1. The zero-order valence-electron chi connectivity index (χ0n) is 6.21. The van der Waals surface area contributed by atoms with Crippen molar-refractivity contribution >= 4 is 5.78 Å². The van der Waals surface area contributed by atoms with Gasteiger partial charge in [0.05, 0.1) is 12.6 Å². The highest BCUT2D eigenvalue weighted by Crippen LogP contribution is 2.26. The highest BCUT2D eigenvalue weighted by Gasteiger charge is 2.42. The summed E-state index contributed by atoms with van der Waals surface area (Å²) in [5, 5.41) is 3.42. The molecule has 2 aliphatic rings. The van der Waals surface area contributed by atoms with Crippen LogP contribution in [-0.2, 0) is 14.3 Å². The van der Waals surface area contributed by atoms with E-state index in [0.717, 1.165) is 0 Å². The number of Topliss-reactive ketones (excluding diaryl/α,β-unsaturated/α-hetero) is 1. The minimum Gasteiger partial charge on any atom is -0.349 e. The van der Waals surface area contributed by atoms with E-state index in [9.17, 15) is 4.79 Å². The molecule has 0 amide bonds. The molecule has 2 aliphatic heterocycles. The van der Waals surface area contributed by atoms with Crippen LogP contribution >= 0.6 is 0 Å². The van der Waals surface area contributed by atoms with Gasteiger partial charge in [-0.25, -0.2) is 0 Å². The minimum atomic E-state index is -0.511. The van der Waals surface area contributed by atoms with Crippen LogP contribution in [-0.4, -0.2) is 30.8 Å². The number of ketones is 1. The molecule has 2 heterocycles. The van der Waals surface area contributed by atoms with E-state index in [1.807, 2.05) is 0 Å². The van der Waals surface area contributed by atoms with Crippen molar-refractivity contribution in [2.45, 2.75) is 24.9 Å². The molecule has 0 aromatic carbocycles. The Morgan fingerprint density at radius 2 is 2.50 bits per heavy atom. The SMILES string of the molecule is [N-]=[N+]=N[C@@H]1CC(=O)[C@H]2CO[C@@H]1O2. The summed E-state index contributed by atoms with van der Waals surface area (Å²) >= 11 is 0. The number of carbonyl (C=O) groups is 1. The second kappa shape index (κ2) is 2.75. The van der Waals surface area contributed by atoms with Crippen LogP contribution in [0.4, 0.5) is 0 Å². The number of nitrogens with zero attached hydrogens (tertiary/aromatic N) is 3. The first-order valence-electron chi connectivity index (χ1n) is 3.65. The predicted octanol–water partition coefficient (Wildman–Crippen LogP) is 0.380. The maximum absolute atomic E-state index is 11.1. The molecule has 0 spiro atoms. The van der Waals surface area contributed by atoms with Crippen molar-refractivity contribution < 1.29 is 14.3 Å². The highest BCUT2D eigenvalue weighted by molar-refractivity contribution is 5.85. The van der Waals surface area contributed by atoms with Crippen molar-refractivity contribution in [1.29, 1.82) is 0 Å². The number of rotatable bonds is 1. The van der Waals surface area contributed by atoms with E-state index in [4.69, 9.17) is 15.0 Å².